The van der Waals surface area contributed by atoms with E-state index in [9.17, 15) is 14.0 Å². The second-order valence-electron chi connectivity index (χ2n) is 4.06. The molecule has 2 amide bonds. The van der Waals surface area contributed by atoms with Crippen molar-refractivity contribution < 1.29 is 14.0 Å². The van der Waals surface area contributed by atoms with Gasteiger partial charge in [-0.1, -0.05) is 11.6 Å². The summed E-state index contributed by atoms with van der Waals surface area (Å²) >= 11 is 5.03. The predicted octanol–water partition coefficient (Wildman–Crippen LogP) is 2.43. The molecule has 1 unspecified atom stereocenters. The molecule has 1 aromatic rings. The Hall–Kier alpha value is -1.62. The van der Waals surface area contributed by atoms with E-state index in [1.807, 2.05) is 0 Å². The maximum atomic E-state index is 12.5. The fourth-order valence-corrected chi connectivity index (χ4v) is 1.90. The Labute approximate surface area is 109 Å². The molecule has 18 heavy (non-hydrogen) atoms. The summed E-state index contributed by atoms with van der Waals surface area (Å²) in [6.07, 6.45) is 1.96. The SMILES string of the molecule is O=C1CCCc2cc(NC(=O)C(F)Cl)ccc2N1. The van der Waals surface area contributed by atoms with Gasteiger partial charge in [-0.3, -0.25) is 9.59 Å². The fourth-order valence-electron chi connectivity index (χ4n) is 1.85. The molecule has 96 valence electrons. The standard InChI is InChI=1S/C12H12ClFN2O2/c13-11(14)12(18)15-8-4-5-9-7(6-8)2-1-3-10(17)16-9/h4-6,11H,1-3H2,(H,15,18)(H,16,17). The summed E-state index contributed by atoms with van der Waals surface area (Å²) in [5, 5.41) is 5.14. The van der Waals surface area contributed by atoms with Gasteiger partial charge in [0.2, 0.25) is 5.91 Å². The lowest BCUT2D eigenvalue weighted by atomic mass is 10.1. The first-order valence-electron chi connectivity index (χ1n) is 5.58. The van der Waals surface area contributed by atoms with Gasteiger partial charge in [0.1, 0.15) is 0 Å². The summed E-state index contributed by atoms with van der Waals surface area (Å²) < 4.78 is 12.5. The fraction of sp³-hybridized carbons (Fsp3) is 0.333. The zero-order chi connectivity index (χ0) is 13.1. The van der Waals surface area contributed by atoms with E-state index in [0.717, 1.165) is 24.1 Å². The van der Waals surface area contributed by atoms with Gasteiger partial charge in [0, 0.05) is 17.8 Å². The largest absolute Gasteiger partial charge is 0.326 e. The quantitative estimate of drug-likeness (QED) is 0.811. The molecule has 2 N–H and O–H groups in total. The number of rotatable bonds is 2. The number of hydrogen-bond donors (Lipinski definition) is 2. The average molecular weight is 271 g/mol. The van der Waals surface area contributed by atoms with E-state index in [2.05, 4.69) is 10.6 Å². The first-order valence-corrected chi connectivity index (χ1v) is 6.01. The lowest BCUT2D eigenvalue weighted by Gasteiger charge is -2.10. The van der Waals surface area contributed by atoms with Crippen molar-refractivity contribution in [3.05, 3.63) is 23.8 Å². The zero-order valence-corrected chi connectivity index (χ0v) is 10.3. The minimum Gasteiger partial charge on any atom is -0.326 e. The van der Waals surface area contributed by atoms with Gasteiger partial charge in [-0.2, -0.15) is 0 Å². The molecule has 0 saturated carbocycles. The number of alkyl halides is 2. The molecule has 1 aliphatic rings. The molecule has 0 saturated heterocycles. The maximum Gasteiger partial charge on any atom is 0.274 e. The molecule has 0 bridgehead atoms. The molecule has 0 radical (unpaired) electrons. The van der Waals surface area contributed by atoms with Gasteiger partial charge in [0.15, 0.2) is 0 Å². The summed E-state index contributed by atoms with van der Waals surface area (Å²) in [6.45, 7) is 0. The lowest BCUT2D eigenvalue weighted by molar-refractivity contribution is -0.118. The molecule has 1 heterocycles. The number of nitrogens with one attached hydrogen (secondary N) is 2. The number of carbonyl (C=O) groups excluding carboxylic acids is 2. The molecule has 0 spiro atoms. The van der Waals surface area contributed by atoms with Crippen molar-refractivity contribution >= 4 is 34.8 Å². The summed E-state index contributed by atoms with van der Waals surface area (Å²) in [5.74, 6) is -0.913. The average Bonchev–Trinajstić information content (AvgIpc) is 2.49. The molecule has 1 atom stereocenters. The highest BCUT2D eigenvalue weighted by Crippen LogP contribution is 2.25. The molecular formula is C12H12ClFN2O2. The molecule has 6 heteroatoms. The van der Waals surface area contributed by atoms with E-state index in [1.165, 1.54) is 0 Å². The van der Waals surface area contributed by atoms with Crippen LogP contribution in [-0.2, 0) is 16.0 Å². The molecule has 0 aliphatic carbocycles. The monoisotopic (exact) mass is 270 g/mol. The highest BCUT2D eigenvalue weighted by Gasteiger charge is 2.16. The van der Waals surface area contributed by atoms with Gasteiger partial charge in [-0.15, -0.1) is 0 Å². The van der Waals surface area contributed by atoms with Crippen molar-refractivity contribution in [2.45, 2.75) is 24.9 Å². The maximum absolute atomic E-state index is 12.5. The summed E-state index contributed by atoms with van der Waals surface area (Å²) in [5.41, 5.74) is 0.0588. The Balaban J connectivity index is 2.19. The van der Waals surface area contributed by atoms with Crippen molar-refractivity contribution in [3.8, 4) is 0 Å². The first-order chi connectivity index (χ1) is 8.56. The normalized spacial score (nSPS) is 16.2. The van der Waals surface area contributed by atoms with Crippen LogP contribution in [0.4, 0.5) is 15.8 Å². The van der Waals surface area contributed by atoms with Crippen LogP contribution in [0.1, 0.15) is 18.4 Å². The van der Waals surface area contributed by atoms with E-state index in [4.69, 9.17) is 11.6 Å². The van der Waals surface area contributed by atoms with Gasteiger partial charge >= 0.3 is 0 Å². The number of hydrogen-bond acceptors (Lipinski definition) is 2. The van der Waals surface area contributed by atoms with Crippen LogP contribution in [0.25, 0.3) is 0 Å². The van der Waals surface area contributed by atoms with Gasteiger partial charge in [0.05, 0.1) is 0 Å². The molecule has 4 nitrogen and oxygen atoms in total. The summed E-state index contributed by atoms with van der Waals surface area (Å²) in [7, 11) is 0. The van der Waals surface area contributed by atoms with Crippen LogP contribution in [0.3, 0.4) is 0 Å². The smallest absolute Gasteiger partial charge is 0.274 e. The van der Waals surface area contributed by atoms with Crippen LogP contribution < -0.4 is 10.6 Å². The highest BCUT2D eigenvalue weighted by molar-refractivity contribution is 6.31. The third-order valence-corrected chi connectivity index (χ3v) is 2.89. The number of carbonyl (C=O) groups is 2. The van der Waals surface area contributed by atoms with Crippen molar-refractivity contribution in [2.75, 3.05) is 10.6 Å². The zero-order valence-electron chi connectivity index (χ0n) is 9.50. The molecular weight excluding hydrogens is 259 g/mol. The Bertz CT molecular complexity index is 491. The molecule has 1 aliphatic heterocycles. The summed E-state index contributed by atoms with van der Waals surface area (Å²) in [4.78, 5) is 22.5. The van der Waals surface area contributed by atoms with Gasteiger partial charge < -0.3 is 10.6 Å². The molecule has 0 fully saturated rings. The second kappa shape index (κ2) is 5.35. The van der Waals surface area contributed by atoms with E-state index in [-0.39, 0.29) is 5.91 Å². The predicted molar refractivity (Wildman–Crippen MR) is 67.4 cm³/mol. The van der Waals surface area contributed by atoms with Crippen LogP contribution in [0.15, 0.2) is 18.2 Å². The van der Waals surface area contributed by atoms with Crippen molar-refractivity contribution in [3.63, 3.8) is 0 Å². The van der Waals surface area contributed by atoms with Crippen molar-refractivity contribution in [1.82, 2.24) is 0 Å². The Morgan fingerprint density at radius 1 is 1.44 bits per heavy atom. The van der Waals surface area contributed by atoms with E-state index in [0.29, 0.717) is 12.1 Å². The van der Waals surface area contributed by atoms with Crippen LogP contribution in [-0.4, -0.2) is 17.4 Å². The second-order valence-corrected chi connectivity index (χ2v) is 4.45. The first kappa shape index (κ1) is 12.8. The van der Waals surface area contributed by atoms with Crippen molar-refractivity contribution in [1.29, 1.82) is 0 Å². The number of halogens is 2. The van der Waals surface area contributed by atoms with E-state index in [1.54, 1.807) is 18.2 Å². The van der Waals surface area contributed by atoms with Crippen LogP contribution in [0.5, 0.6) is 0 Å². The number of benzene rings is 1. The Kier molecular flexibility index (Phi) is 3.81. The number of aryl methyl sites for hydroxylation is 1. The van der Waals surface area contributed by atoms with Gasteiger partial charge in [-0.25, -0.2) is 4.39 Å². The minimum absolute atomic E-state index is 0.0184. The third-order valence-electron chi connectivity index (χ3n) is 2.70. The highest BCUT2D eigenvalue weighted by atomic mass is 35.5. The number of fused-ring (bicyclic) bond motifs is 1. The van der Waals surface area contributed by atoms with Crippen molar-refractivity contribution in [2.24, 2.45) is 0 Å². The third kappa shape index (κ3) is 2.98. The van der Waals surface area contributed by atoms with E-state index >= 15 is 0 Å². The lowest BCUT2D eigenvalue weighted by Crippen LogP contribution is -2.19. The topological polar surface area (TPSA) is 58.2 Å². The Morgan fingerprint density at radius 2 is 2.22 bits per heavy atom. The molecule has 0 aromatic heterocycles. The molecule has 2 rings (SSSR count). The summed E-state index contributed by atoms with van der Waals surface area (Å²) in [6, 6.07) is 5.01. The Morgan fingerprint density at radius 3 is 2.94 bits per heavy atom. The van der Waals surface area contributed by atoms with Crippen LogP contribution in [0, 0.1) is 0 Å². The van der Waals surface area contributed by atoms with E-state index < -0.39 is 11.5 Å². The number of amides is 2. The van der Waals surface area contributed by atoms with Gasteiger partial charge in [-0.05, 0) is 36.6 Å². The van der Waals surface area contributed by atoms with Gasteiger partial charge in [0.25, 0.3) is 11.5 Å². The minimum atomic E-state index is -2.07. The van der Waals surface area contributed by atoms with Crippen LogP contribution >= 0.6 is 11.6 Å². The molecule has 1 aromatic carbocycles. The van der Waals surface area contributed by atoms with Crippen LogP contribution in [0.2, 0.25) is 0 Å². The number of anilines is 2.